The predicted octanol–water partition coefficient (Wildman–Crippen LogP) is 3.42. The SMILES string of the molecule is O=C(OCCN1CCN(c2nssc2=Nc2ccccc2)CC1)c1ccccc1. The number of esters is 1. The lowest BCUT2D eigenvalue weighted by molar-refractivity contribution is 0.0459. The van der Waals surface area contributed by atoms with Gasteiger partial charge in [-0.25, -0.2) is 9.79 Å². The van der Waals surface area contributed by atoms with Gasteiger partial charge in [-0.2, -0.15) is 4.37 Å². The van der Waals surface area contributed by atoms with Crippen LogP contribution in [0.3, 0.4) is 0 Å². The number of anilines is 1. The minimum absolute atomic E-state index is 0.264. The molecule has 29 heavy (non-hydrogen) atoms. The van der Waals surface area contributed by atoms with Gasteiger partial charge in [0, 0.05) is 43.3 Å². The third-order valence-corrected chi connectivity index (χ3v) is 6.41. The standard InChI is InChI=1S/C21H22N4O2S2/c26-21(17-7-3-1-4-8-17)27-16-15-24-11-13-25(14-12-24)19-20(28-29-23-19)22-18-9-5-2-6-10-18/h1-10H,11-16H2. The molecular weight excluding hydrogens is 404 g/mol. The summed E-state index contributed by atoms with van der Waals surface area (Å²) in [4.78, 5) is 21.4. The Morgan fingerprint density at radius 1 is 1.00 bits per heavy atom. The second-order valence-electron chi connectivity index (χ2n) is 6.66. The number of hydrogen-bond donors (Lipinski definition) is 0. The van der Waals surface area contributed by atoms with Crippen LogP contribution in [0.1, 0.15) is 10.4 Å². The van der Waals surface area contributed by atoms with Gasteiger partial charge in [-0.1, -0.05) is 36.4 Å². The van der Waals surface area contributed by atoms with Gasteiger partial charge in [0.25, 0.3) is 0 Å². The van der Waals surface area contributed by atoms with Crippen LogP contribution in [0.2, 0.25) is 0 Å². The highest BCUT2D eigenvalue weighted by atomic mass is 32.9. The Hall–Kier alpha value is -2.55. The van der Waals surface area contributed by atoms with Gasteiger partial charge in [-0.05, 0) is 34.6 Å². The monoisotopic (exact) mass is 426 g/mol. The Balaban J connectivity index is 1.28. The number of nitrogens with zero attached hydrogens (tertiary/aromatic N) is 4. The van der Waals surface area contributed by atoms with Gasteiger partial charge < -0.3 is 9.64 Å². The molecule has 0 radical (unpaired) electrons. The van der Waals surface area contributed by atoms with E-state index in [0.717, 1.165) is 48.9 Å². The van der Waals surface area contributed by atoms with Crippen LogP contribution in [0.4, 0.5) is 11.5 Å². The van der Waals surface area contributed by atoms with Crippen molar-refractivity contribution >= 4 is 38.4 Å². The summed E-state index contributed by atoms with van der Waals surface area (Å²) < 4.78 is 10.9. The van der Waals surface area contributed by atoms with Gasteiger partial charge in [0.05, 0.1) is 11.3 Å². The Kier molecular flexibility index (Phi) is 6.66. The summed E-state index contributed by atoms with van der Waals surface area (Å²) in [5.74, 6) is 0.708. The molecule has 0 aliphatic carbocycles. The number of para-hydroxylation sites is 1. The largest absolute Gasteiger partial charge is 0.461 e. The number of aromatic nitrogens is 1. The highest BCUT2D eigenvalue weighted by molar-refractivity contribution is 7.66. The number of rotatable bonds is 6. The zero-order chi connectivity index (χ0) is 19.9. The van der Waals surface area contributed by atoms with Gasteiger partial charge in [0.15, 0.2) is 10.5 Å². The van der Waals surface area contributed by atoms with Gasteiger partial charge in [0.1, 0.15) is 6.61 Å². The first-order chi connectivity index (χ1) is 14.3. The van der Waals surface area contributed by atoms with E-state index in [1.165, 1.54) is 10.5 Å². The van der Waals surface area contributed by atoms with Crippen molar-refractivity contribution in [2.45, 2.75) is 0 Å². The van der Waals surface area contributed by atoms with E-state index in [4.69, 9.17) is 9.73 Å². The molecule has 4 rings (SSSR count). The molecule has 1 aromatic heterocycles. The third-order valence-electron chi connectivity index (χ3n) is 4.74. The van der Waals surface area contributed by atoms with Gasteiger partial charge in [-0.15, -0.1) is 0 Å². The van der Waals surface area contributed by atoms with Crippen LogP contribution >= 0.6 is 20.9 Å². The highest BCUT2D eigenvalue weighted by Gasteiger charge is 2.20. The van der Waals surface area contributed by atoms with E-state index < -0.39 is 0 Å². The molecule has 0 N–H and O–H groups in total. The third kappa shape index (κ3) is 5.29. The Labute approximate surface area is 177 Å². The average molecular weight is 427 g/mol. The Bertz CT molecular complexity index is 980. The van der Waals surface area contributed by atoms with Gasteiger partial charge in [0.2, 0.25) is 0 Å². The molecule has 1 aliphatic heterocycles. The van der Waals surface area contributed by atoms with Crippen molar-refractivity contribution in [3.63, 3.8) is 0 Å². The molecule has 0 spiro atoms. The minimum atomic E-state index is -0.264. The lowest BCUT2D eigenvalue weighted by atomic mass is 10.2. The Morgan fingerprint density at radius 3 is 2.41 bits per heavy atom. The zero-order valence-corrected chi connectivity index (χ0v) is 17.6. The quantitative estimate of drug-likeness (QED) is 0.447. The van der Waals surface area contributed by atoms with Crippen molar-refractivity contribution in [1.82, 2.24) is 9.27 Å². The summed E-state index contributed by atoms with van der Waals surface area (Å²) in [6.45, 7) is 4.75. The van der Waals surface area contributed by atoms with Crippen molar-refractivity contribution in [3.05, 3.63) is 70.9 Å². The highest BCUT2D eigenvalue weighted by Crippen LogP contribution is 2.17. The number of piperazine rings is 1. The van der Waals surface area contributed by atoms with Gasteiger partial charge >= 0.3 is 5.97 Å². The molecule has 0 atom stereocenters. The van der Waals surface area contributed by atoms with Crippen LogP contribution in [0, 0.1) is 0 Å². The summed E-state index contributed by atoms with van der Waals surface area (Å²) in [6, 6.07) is 19.1. The molecule has 1 fully saturated rings. The van der Waals surface area contributed by atoms with E-state index in [9.17, 15) is 4.79 Å². The van der Waals surface area contributed by atoms with E-state index >= 15 is 0 Å². The molecule has 2 heterocycles. The molecule has 0 amide bonds. The van der Waals surface area contributed by atoms with Crippen molar-refractivity contribution in [1.29, 1.82) is 0 Å². The van der Waals surface area contributed by atoms with Crippen LogP contribution < -0.4 is 9.57 Å². The molecule has 0 bridgehead atoms. The number of carbonyl (C=O) groups is 1. The Morgan fingerprint density at radius 2 is 1.69 bits per heavy atom. The van der Waals surface area contributed by atoms with E-state index in [1.54, 1.807) is 22.5 Å². The maximum absolute atomic E-state index is 12.0. The fourth-order valence-electron chi connectivity index (χ4n) is 3.16. The fraction of sp³-hybridized carbons (Fsp3) is 0.286. The smallest absolute Gasteiger partial charge is 0.338 e. The summed E-state index contributed by atoms with van der Waals surface area (Å²) in [6.07, 6.45) is 0. The lowest BCUT2D eigenvalue weighted by Gasteiger charge is -2.34. The number of hydrogen-bond acceptors (Lipinski definition) is 8. The van der Waals surface area contributed by atoms with Crippen LogP contribution in [-0.2, 0) is 4.74 Å². The molecule has 8 heteroatoms. The van der Waals surface area contributed by atoms with Crippen LogP contribution in [0.15, 0.2) is 65.7 Å². The van der Waals surface area contributed by atoms with Crippen molar-refractivity contribution in [3.8, 4) is 0 Å². The van der Waals surface area contributed by atoms with E-state index in [0.29, 0.717) is 12.2 Å². The first-order valence-electron chi connectivity index (χ1n) is 9.55. The van der Waals surface area contributed by atoms with Gasteiger partial charge in [-0.3, -0.25) is 4.90 Å². The van der Waals surface area contributed by atoms with Crippen LogP contribution in [0.25, 0.3) is 0 Å². The number of carbonyl (C=O) groups excluding carboxylic acids is 1. The molecule has 0 saturated carbocycles. The second kappa shape index (κ2) is 9.78. The molecule has 0 unspecified atom stereocenters. The van der Waals surface area contributed by atoms with Crippen molar-refractivity contribution in [2.24, 2.45) is 4.99 Å². The predicted molar refractivity (Wildman–Crippen MR) is 117 cm³/mol. The molecule has 2 aromatic carbocycles. The van der Waals surface area contributed by atoms with E-state index in [-0.39, 0.29) is 5.97 Å². The van der Waals surface area contributed by atoms with Crippen LogP contribution in [-0.4, -0.2) is 54.6 Å². The molecule has 3 aromatic rings. The molecule has 150 valence electrons. The van der Waals surface area contributed by atoms with E-state index in [1.807, 2.05) is 48.5 Å². The van der Waals surface area contributed by atoms with Crippen molar-refractivity contribution < 1.29 is 9.53 Å². The summed E-state index contributed by atoms with van der Waals surface area (Å²) in [7, 11) is 3.09. The first kappa shape index (κ1) is 19.8. The summed E-state index contributed by atoms with van der Waals surface area (Å²) >= 11 is 0. The van der Waals surface area contributed by atoms with Crippen LogP contribution in [0.5, 0.6) is 0 Å². The fourth-order valence-corrected chi connectivity index (χ4v) is 4.86. The number of benzene rings is 2. The van der Waals surface area contributed by atoms with E-state index in [2.05, 4.69) is 14.2 Å². The summed E-state index contributed by atoms with van der Waals surface area (Å²) in [5, 5.41) is 0. The normalized spacial score (nSPS) is 15.4. The average Bonchev–Trinajstić information content (AvgIpc) is 3.23. The lowest BCUT2D eigenvalue weighted by Crippen LogP contribution is -2.48. The molecule has 6 nitrogen and oxygen atoms in total. The summed E-state index contributed by atoms with van der Waals surface area (Å²) in [5.41, 5.74) is 1.54. The minimum Gasteiger partial charge on any atom is -0.461 e. The molecular formula is C21H22N4O2S2. The number of ether oxygens (including phenoxy) is 1. The topological polar surface area (TPSA) is 58.0 Å². The second-order valence-corrected chi connectivity index (χ2v) is 8.49. The molecule has 1 saturated heterocycles. The maximum Gasteiger partial charge on any atom is 0.338 e. The molecule has 1 aliphatic rings. The maximum atomic E-state index is 12.0. The first-order valence-corrected chi connectivity index (χ1v) is 11.7. The zero-order valence-electron chi connectivity index (χ0n) is 15.9. The van der Waals surface area contributed by atoms with Crippen molar-refractivity contribution in [2.75, 3.05) is 44.2 Å².